The van der Waals surface area contributed by atoms with E-state index < -0.39 is 10.0 Å². The van der Waals surface area contributed by atoms with Crippen molar-refractivity contribution < 1.29 is 8.42 Å². The fraction of sp³-hybridized carbons (Fsp3) is 0.615. The zero-order valence-corrected chi connectivity index (χ0v) is 14.3. The smallest absolute Gasteiger partial charge is 0.262 e. The number of nitrogens with zero attached hydrogens (tertiary/aromatic N) is 3. The number of fused-ring (bicyclic) bond motifs is 1. The summed E-state index contributed by atoms with van der Waals surface area (Å²) in [6.07, 6.45) is 4.72. The Bertz CT molecular complexity index is 807. The maximum Gasteiger partial charge on any atom is 0.262 e. The summed E-state index contributed by atoms with van der Waals surface area (Å²) < 4.78 is 29.3. The van der Waals surface area contributed by atoms with Crippen LogP contribution in [0.2, 0.25) is 5.15 Å². The molecule has 1 unspecified atom stereocenters. The molecule has 2 aromatic heterocycles. The van der Waals surface area contributed by atoms with Crippen LogP contribution in [0.4, 0.5) is 0 Å². The molecule has 0 aromatic carbocycles. The van der Waals surface area contributed by atoms with E-state index in [1.807, 2.05) is 5.38 Å². The number of piperidine rings is 1. The summed E-state index contributed by atoms with van der Waals surface area (Å²) in [6, 6.07) is 0. The number of hydrogen-bond donors (Lipinski definition) is 1. The molecule has 4 rings (SSSR count). The lowest BCUT2D eigenvalue weighted by molar-refractivity contribution is 0.166. The molecular formula is C13H17ClN4O2S2. The molecule has 120 valence electrons. The van der Waals surface area contributed by atoms with Gasteiger partial charge in [-0.3, -0.25) is 4.40 Å². The molecule has 4 heterocycles. The van der Waals surface area contributed by atoms with Crippen molar-refractivity contribution in [2.45, 2.75) is 24.3 Å². The third-order valence-electron chi connectivity index (χ3n) is 4.72. The standard InChI is InChI=1S/C13H17ClN4O2S2/c14-10-11(18-6-7-21-12(18)16-10)22(19,20)17-5-1-2-13(9-17)3-4-15-8-13/h6-7,15H,1-5,8-9H2. The fourth-order valence-electron chi connectivity index (χ4n) is 3.60. The van der Waals surface area contributed by atoms with Crippen molar-refractivity contribution in [1.82, 2.24) is 19.0 Å². The van der Waals surface area contributed by atoms with Crippen LogP contribution in [0.5, 0.6) is 0 Å². The highest BCUT2D eigenvalue weighted by Crippen LogP contribution is 2.38. The van der Waals surface area contributed by atoms with Gasteiger partial charge >= 0.3 is 0 Å². The topological polar surface area (TPSA) is 66.7 Å². The van der Waals surface area contributed by atoms with E-state index in [1.54, 1.807) is 14.9 Å². The molecular weight excluding hydrogens is 344 g/mol. The van der Waals surface area contributed by atoms with Crippen LogP contribution in [0.1, 0.15) is 19.3 Å². The average Bonchev–Trinajstić information content (AvgIpc) is 3.15. The first kappa shape index (κ1) is 14.9. The maximum absolute atomic E-state index is 13.1. The van der Waals surface area contributed by atoms with E-state index in [4.69, 9.17) is 11.6 Å². The molecule has 22 heavy (non-hydrogen) atoms. The van der Waals surface area contributed by atoms with Gasteiger partial charge in [0.25, 0.3) is 10.0 Å². The van der Waals surface area contributed by atoms with E-state index in [0.29, 0.717) is 18.1 Å². The van der Waals surface area contributed by atoms with Crippen LogP contribution in [-0.4, -0.2) is 48.3 Å². The Hall–Kier alpha value is -0.670. The number of imidazole rings is 1. The van der Waals surface area contributed by atoms with Crippen LogP contribution in [0, 0.1) is 5.41 Å². The van der Waals surface area contributed by atoms with Crippen molar-refractivity contribution in [1.29, 1.82) is 0 Å². The Morgan fingerprint density at radius 1 is 1.41 bits per heavy atom. The van der Waals surface area contributed by atoms with E-state index in [-0.39, 0.29) is 15.6 Å². The highest BCUT2D eigenvalue weighted by atomic mass is 35.5. The minimum absolute atomic E-state index is 0.0658. The Kier molecular flexibility index (Phi) is 3.50. The molecule has 0 amide bonds. The fourth-order valence-corrected chi connectivity index (χ4v) is 6.60. The Balaban J connectivity index is 1.74. The molecule has 0 saturated carbocycles. The Labute approximate surface area is 138 Å². The maximum atomic E-state index is 13.1. The number of nitrogens with one attached hydrogen (secondary N) is 1. The summed E-state index contributed by atoms with van der Waals surface area (Å²) in [5.41, 5.74) is 0.0796. The summed E-state index contributed by atoms with van der Waals surface area (Å²) in [5, 5.41) is 5.35. The molecule has 2 aromatic rings. The van der Waals surface area contributed by atoms with Gasteiger partial charge < -0.3 is 5.32 Å². The molecule has 2 saturated heterocycles. The second-order valence-corrected chi connectivity index (χ2v) is 9.22. The van der Waals surface area contributed by atoms with Gasteiger partial charge in [0, 0.05) is 31.2 Å². The molecule has 0 bridgehead atoms. The molecule has 6 nitrogen and oxygen atoms in total. The Morgan fingerprint density at radius 3 is 3.05 bits per heavy atom. The van der Waals surface area contributed by atoms with Gasteiger partial charge in [0.15, 0.2) is 15.1 Å². The summed E-state index contributed by atoms with van der Waals surface area (Å²) >= 11 is 7.50. The monoisotopic (exact) mass is 360 g/mol. The summed E-state index contributed by atoms with van der Waals surface area (Å²) in [6.45, 7) is 2.98. The number of sulfonamides is 1. The van der Waals surface area contributed by atoms with Crippen molar-refractivity contribution in [3.63, 3.8) is 0 Å². The molecule has 2 aliphatic rings. The molecule has 0 radical (unpaired) electrons. The van der Waals surface area contributed by atoms with Gasteiger partial charge in [0.1, 0.15) is 0 Å². The van der Waals surface area contributed by atoms with Gasteiger partial charge in [-0.1, -0.05) is 11.6 Å². The first-order valence-corrected chi connectivity index (χ1v) is 10.0. The minimum atomic E-state index is -3.63. The molecule has 2 aliphatic heterocycles. The number of hydrogen-bond acceptors (Lipinski definition) is 5. The third kappa shape index (κ3) is 2.20. The van der Waals surface area contributed by atoms with E-state index in [2.05, 4.69) is 10.3 Å². The minimum Gasteiger partial charge on any atom is -0.316 e. The average molecular weight is 361 g/mol. The molecule has 0 aliphatic carbocycles. The first-order valence-electron chi connectivity index (χ1n) is 7.34. The second-order valence-electron chi connectivity index (χ2n) is 6.13. The predicted molar refractivity (Wildman–Crippen MR) is 86.0 cm³/mol. The van der Waals surface area contributed by atoms with Gasteiger partial charge in [-0.25, -0.2) is 13.4 Å². The van der Waals surface area contributed by atoms with Crippen molar-refractivity contribution >= 4 is 37.9 Å². The largest absolute Gasteiger partial charge is 0.316 e. The van der Waals surface area contributed by atoms with Crippen LogP contribution in [0.15, 0.2) is 16.6 Å². The first-order chi connectivity index (χ1) is 10.5. The van der Waals surface area contributed by atoms with Gasteiger partial charge in [0.05, 0.1) is 0 Å². The van der Waals surface area contributed by atoms with E-state index in [0.717, 1.165) is 32.4 Å². The summed E-state index contributed by atoms with van der Waals surface area (Å²) in [7, 11) is -3.63. The third-order valence-corrected chi connectivity index (χ3v) is 7.72. The summed E-state index contributed by atoms with van der Waals surface area (Å²) in [4.78, 5) is 4.76. The summed E-state index contributed by atoms with van der Waals surface area (Å²) in [5.74, 6) is 0. The number of rotatable bonds is 2. The van der Waals surface area contributed by atoms with E-state index in [9.17, 15) is 8.42 Å². The lowest BCUT2D eigenvalue weighted by Gasteiger charge is -2.39. The molecule has 1 spiro atoms. The number of thiazole rings is 1. The van der Waals surface area contributed by atoms with Crippen LogP contribution in [0.25, 0.3) is 4.96 Å². The molecule has 9 heteroatoms. The number of aromatic nitrogens is 2. The molecule has 1 atom stereocenters. The SMILES string of the molecule is O=S(=O)(c1c(Cl)nc2sccn12)N1CCCC2(CCNC2)C1. The van der Waals surface area contributed by atoms with Crippen LogP contribution >= 0.6 is 22.9 Å². The quantitative estimate of drug-likeness (QED) is 0.887. The van der Waals surface area contributed by atoms with Crippen LogP contribution < -0.4 is 5.32 Å². The molecule has 1 N–H and O–H groups in total. The van der Waals surface area contributed by atoms with Crippen LogP contribution in [0.3, 0.4) is 0 Å². The lowest BCUT2D eigenvalue weighted by Crippen LogP contribution is -2.47. The second kappa shape index (κ2) is 5.17. The zero-order valence-electron chi connectivity index (χ0n) is 12.0. The van der Waals surface area contributed by atoms with E-state index in [1.165, 1.54) is 11.3 Å². The van der Waals surface area contributed by atoms with Gasteiger partial charge in [-0.05, 0) is 31.2 Å². The van der Waals surface area contributed by atoms with E-state index >= 15 is 0 Å². The van der Waals surface area contributed by atoms with Crippen molar-refractivity contribution in [2.75, 3.05) is 26.2 Å². The highest BCUT2D eigenvalue weighted by molar-refractivity contribution is 7.89. The molecule has 2 fully saturated rings. The van der Waals surface area contributed by atoms with Crippen LogP contribution in [-0.2, 0) is 10.0 Å². The Morgan fingerprint density at radius 2 is 2.27 bits per heavy atom. The van der Waals surface area contributed by atoms with Gasteiger partial charge in [-0.2, -0.15) is 4.31 Å². The lowest BCUT2D eigenvalue weighted by atomic mass is 9.80. The zero-order chi connectivity index (χ0) is 15.4. The normalized spacial score (nSPS) is 27.1. The van der Waals surface area contributed by atoms with Crippen molar-refractivity contribution in [3.8, 4) is 0 Å². The van der Waals surface area contributed by atoms with Crippen molar-refractivity contribution in [3.05, 3.63) is 16.7 Å². The predicted octanol–water partition coefficient (Wildman–Crippen LogP) is 1.81. The number of halogens is 1. The van der Waals surface area contributed by atoms with Crippen molar-refractivity contribution in [2.24, 2.45) is 5.41 Å². The highest BCUT2D eigenvalue weighted by Gasteiger charge is 2.43. The van der Waals surface area contributed by atoms with Gasteiger partial charge in [0.2, 0.25) is 0 Å². The van der Waals surface area contributed by atoms with Gasteiger partial charge in [-0.15, -0.1) is 11.3 Å².